The molecule has 0 aromatic heterocycles. The fourth-order valence-electron chi connectivity index (χ4n) is 3.39. The number of halogens is 1. The molecule has 0 bridgehead atoms. The third-order valence-electron chi connectivity index (χ3n) is 4.82. The van der Waals surface area contributed by atoms with E-state index >= 15 is 0 Å². The van der Waals surface area contributed by atoms with Crippen LogP contribution in [0.3, 0.4) is 0 Å². The van der Waals surface area contributed by atoms with Crippen LogP contribution in [0, 0.1) is 0 Å². The summed E-state index contributed by atoms with van der Waals surface area (Å²) in [5, 5.41) is 12.5. The van der Waals surface area contributed by atoms with Gasteiger partial charge in [-0.25, -0.2) is 9.18 Å². The van der Waals surface area contributed by atoms with E-state index in [1.807, 2.05) is 18.2 Å². The quantitative estimate of drug-likeness (QED) is 0.833. The maximum atomic E-state index is 14.8. The molecule has 1 heterocycles. The van der Waals surface area contributed by atoms with Crippen LogP contribution in [-0.2, 0) is 6.42 Å². The van der Waals surface area contributed by atoms with Crippen LogP contribution in [0.4, 0.5) is 4.39 Å². The smallest absolute Gasteiger partial charge is 0.335 e. The normalized spacial score (nSPS) is 18.7. The predicted molar refractivity (Wildman–Crippen MR) is 92.6 cm³/mol. The van der Waals surface area contributed by atoms with Crippen LogP contribution in [0.1, 0.15) is 45.1 Å². The third kappa shape index (κ3) is 2.81. The lowest BCUT2D eigenvalue weighted by molar-refractivity contribution is 0.0697. The first-order valence-corrected chi connectivity index (χ1v) is 8.25. The zero-order valence-corrected chi connectivity index (χ0v) is 13.8. The summed E-state index contributed by atoms with van der Waals surface area (Å²) in [5.41, 5.74) is 3.96. The first-order chi connectivity index (χ1) is 12.1. The fraction of sp³-hybridized carbons (Fsp3) is 0.250. The molecule has 1 saturated heterocycles. The molecule has 1 aliphatic carbocycles. The molecule has 2 aromatic rings. The predicted octanol–water partition coefficient (Wildman–Crippen LogP) is 3.71. The van der Waals surface area contributed by atoms with Gasteiger partial charge in [0, 0.05) is 30.1 Å². The van der Waals surface area contributed by atoms with E-state index < -0.39 is 5.97 Å². The summed E-state index contributed by atoms with van der Waals surface area (Å²) in [4.78, 5) is 11.3. The first-order valence-electron chi connectivity index (χ1n) is 8.25. The van der Waals surface area contributed by atoms with Gasteiger partial charge in [0.05, 0.1) is 12.7 Å². The van der Waals surface area contributed by atoms with E-state index in [4.69, 9.17) is 4.74 Å². The number of allylic oxidation sites excluding steroid dienone is 1. The highest BCUT2D eigenvalue weighted by molar-refractivity contribution is 5.92. The van der Waals surface area contributed by atoms with E-state index in [1.165, 1.54) is 0 Å². The first kappa shape index (κ1) is 15.8. The molecule has 4 nitrogen and oxygen atoms in total. The Morgan fingerprint density at radius 2 is 2.00 bits per heavy atom. The Balaban J connectivity index is 1.87. The Hall–Kier alpha value is -2.66. The Morgan fingerprint density at radius 1 is 1.20 bits per heavy atom. The second-order valence-corrected chi connectivity index (χ2v) is 6.38. The lowest BCUT2D eigenvalue weighted by Gasteiger charge is -2.22. The van der Waals surface area contributed by atoms with Crippen molar-refractivity contribution in [3.8, 4) is 5.75 Å². The van der Waals surface area contributed by atoms with Crippen LogP contribution in [0.5, 0.6) is 5.75 Å². The van der Waals surface area contributed by atoms with Crippen molar-refractivity contribution in [1.29, 1.82) is 0 Å². The average Bonchev–Trinajstić information content (AvgIpc) is 3.46. The average molecular weight is 339 g/mol. The molecule has 0 saturated carbocycles. The number of benzene rings is 2. The van der Waals surface area contributed by atoms with E-state index in [9.17, 15) is 14.3 Å². The van der Waals surface area contributed by atoms with Crippen LogP contribution in [0.2, 0.25) is 0 Å². The van der Waals surface area contributed by atoms with Gasteiger partial charge in [-0.05, 0) is 41.3 Å². The summed E-state index contributed by atoms with van der Waals surface area (Å²) < 4.78 is 20.3. The van der Waals surface area contributed by atoms with Gasteiger partial charge in [-0.15, -0.1) is 0 Å². The number of methoxy groups -OCH3 is 1. The van der Waals surface area contributed by atoms with E-state index in [2.05, 4.69) is 5.32 Å². The number of ether oxygens (including phenoxy) is 1. The molecule has 25 heavy (non-hydrogen) atoms. The van der Waals surface area contributed by atoms with Gasteiger partial charge in [0.1, 0.15) is 11.6 Å². The van der Waals surface area contributed by atoms with Crippen LogP contribution in [0.25, 0.3) is 5.57 Å². The van der Waals surface area contributed by atoms with Crippen LogP contribution in [0.15, 0.2) is 42.2 Å². The SMILES string of the molecule is COc1cc([C@@H]2CN2)ccc1C1=C(F)CCc2ccc(C(=O)O)cc21. The third-order valence-corrected chi connectivity index (χ3v) is 4.82. The zero-order valence-electron chi connectivity index (χ0n) is 13.8. The molecule has 1 aliphatic heterocycles. The molecule has 2 aliphatic rings. The Kier molecular flexibility index (Phi) is 3.81. The molecule has 0 radical (unpaired) electrons. The molecule has 1 atom stereocenters. The highest BCUT2D eigenvalue weighted by Gasteiger charge is 2.27. The number of carboxylic acids is 1. The van der Waals surface area contributed by atoms with E-state index in [0.717, 1.165) is 17.7 Å². The van der Waals surface area contributed by atoms with Crippen molar-refractivity contribution in [1.82, 2.24) is 5.32 Å². The summed E-state index contributed by atoms with van der Waals surface area (Å²) in [7, 11) is 1.57. The maximum Gasteiger partial charge on any atom is 0.335 e. The largest absolute Gasteiger partial charge is 0.496 e. The summed E-state index contributed by atoms with van der Waals surface area (Å²) in [6.45, 7) is 0.935. The fourth-order valence-corrected chi connectivity index (χ4v) is 3.39. The van der Waals surface area contributed by atoms with Gasteiger partial charge >= 0.3 is 5.97 Å². The molecular formula is C20H18FNO3. The highest BCUT2D eigenvalue weighted by Crippen LogP contribution is 2.41. The van der Waals surface area contributed by atoms with Crippen molar-refractivity contribution in [3.63, 3.8) is 0 Å². The molecule has 1 fully saturated rings. The van der Waals surface area contributed by atoms with Crippen molar-refractivity contribution in [2.75, 3.05) is 13.7 Å². The minimum absolute atomic E-state index is 0.156. The number of hydrogen-bond donors (Lipinski definition) is 2. The molecule has 0 spiro atoms. The molecule has 0 amide bonds. The Labute approximate surface area is 144 Å². The van der Waals surface area contributed by atoms with Gasteiger partial charge in [-0.1, -0.05) is 18.2 Å². The molecule has 5 heteroatoms. The molecule has 4 rings (SSSR count). The number of aromatic carboxylic acids is 1. The number of nitrogens with one attached hydrogen (secondary N) is 1. The maximum absolute atomic E-state index is 14.8. The minimum atomic E-state index is -1.02. The van der Waals surface area contributed by atoms with Gasteiger partial charge in [-0.3, -0.25) is 0 Å². The molecule has 2 aromatic carbocycles. The number of carboxylic acid groups (broad SMARTS) is 1. The van der Waals surface area contributed by atoms with Crippen molar-refractivity contribution < 1.29 is 19.0 Å². The van der Waals surface area contributed by atoms with Gasteiger partial charge in [0.15, 0.2) is 0 Å². The van der Waals surface area contributed by atoms with Crippen LogP contribution < -0.4 is 10.1 Å². The number of aryl methyl sites for hydroxylation is 1. The van der Waals surface area contributed by atoms with E-state index in [0.29, 0.717) is 41.3 Å². The van der Waals surface area contributed by atoms with Gasteiger partial charge in [-0.2, -0.15) is 0 Å². The molecule has 0 unspecified atom stereocenters. The van der Waals surface area contributed by atoms with E-state index in [-0.39, 0.29) is 11.4 Å². The summed E-state index contributed by atoms with van der Waals surface area (Å²) in [6, 6.07) is 11.0. The Bertz CT molecular complexity index is 900. The minimum Gasteiger partial charge on any atom is -0.496 e. The molecule has 2 N–H and O–H groups in total. The van der Waals surface area contributed by atoms with Crippen molar-refractivity contribution >= 4 is 11.5 Å². The monoisotopic (exact) mass is 339 g/mol. The topological polar surface area (TPSA) is 68.5 Å². The van der Waals surface area contributed by atoms with Crippen molar-refractivity contribution in [3.05, 3.63) is 70.0 Å². The lowest BCUT2D eigenvalue weighted by Crippen LogP contribution is -2.08. The lowest BCUT2D eigenvalue weighted by atomic mass is 9.84. The van der Waals surface area contributed by atoms with E-state index in [1.54, 1.807) is 25.3 Å². The summed E-state index contributed by atoms with van der Waals surface area (Å²) in [6.07, 6.45) is 0.876. The molecular weight excluding hydrogens is 321 g/mol. The second-order valence-electron chi connectivity index (χ2n) is 6.38. The number of fused-ring (bicyclic) bond motifs is 1. The Morgan fingerprint density at radius 3 is 2.68 bits per heavy atom. The summed E-state index contributed by atoms with van der Waals surface area (Å²) >= 11 is 0. The van der Waals surface area contributed by atoms with Gasteiger partial charge in [0.2, 0.25) is 0 Å². The summed E-state index contributed by atoms with van der Waals surface area (Å²) in [5.74, 6) is -0.647. The zero-order chi connectivity index (χ0) is 17.6. The van der Waals surface area contributed by atoms with Crippen LogP contribution in [-0.4, -0.2) is 24.7 Å². The standard InChI is InChI=1S/C20H18FNO3/c1-25-18-9-12(17-10-22-17)4-6-14(18)19-15-8-13(20(23)24)3-2-11(15)5-7-16(19)21/h2-4,6,8-9,17,22H,5,7,10H2,1H3,(H,23,24)/t17-/m0/s1. The van der Waals surface area contributed by atoms with Crippen molar-refractivity contribution in [2.24, 2.45) is 0 Å². The number of rotatable bonds is 4. The van der Waals surface area contributed by atoms with Gasteiger partial charge < -0.3 is 15.2 Å². The van der Waals surface area contributed by atoms with Crippen molar-refractivity contribution in [2.45, 2.75) is 18.9 Å². The second kappa shape index (κ2) is 6.01. The highest BCUT2D eigenvalue weighted by atomic mass is 19.1. The van der Waals surface area contributed by atoms with Gasteiger partial charge in [0.25, 0.3) is 0 Å². The number of hydrogen-bond acceptors (Lipinski definition) is 3. The van der Waals surface area contributed by atoms with Crippen LogP contribution >= 0.6 is 0 Å². The number of carbonyl (C=O) groups is 1. The molecule has 128 valence electrons.